The van der Waals surface area contributed by atoms with E-state index in [2.05, 4.69) is 4.72 Å². The van der Waals surface area contributed by atoms with E-state index in [4.69, 9.17) is 16.3 Å². The van der Waals surface area contributed by atoms with E-state index >= 15 is 0 Å². The fraction of sp³-hybridized carbons (Fsp3) is 0.235. The summed E-state index contributed by atoms with van der Waals surface area (Å²) in [5, 5.41) is 0.290. The maximum absolute atomic E-state index is 12.7. The number of halogens is 1. The van der Waals surface area contributed by atoms with Crippen LogP contribution in [-0.4, -0.2) is 28.0 Å². The van der Waals surface area contributed by atoms with Crippen molar-refractivity contribution in [1.82, 2.24) is 0 Å². The average Bonchev–Trinajstić information content (AvgIpc) is 2.97. The van der Waals surface area contributed by atoms with Crippen molar-refractivity contribution >= 4 is 38.9 Å². The predicted octanol–water partition coefficient (Wildman–Crippen LogP) is 3.06. The van der Waals surface area contributed by atoms with Crippen molar-refractivity contribution in [3.8, 4) is 5.75 Å². The molecular formula is C17H17ClN2O4S. The number of rotatable bonds is 4. The van der Waals surface area contributed by atoms with Crippen molar-refractivity contribution in [3.63, 3.8) is 0 Å². The molecule has 0 spiro atoms. The Bertz CT molecular complexity index is 944. The smallest absolute Gasteiger partial charge is 0.265 e. The molecule has 0 aliphatic carbocycles. The summed E-state index contributed by atoms with van der Waals surface area (Å²) in [7, 11) is -2.51. The lowest BCUT2D eigenvalue weighted by atomic mass is 10.1. The number of hydrogen-bond donors (Lipinski definition) is 1. The summed E-state index contributed by atoms with van der Waals surface area (Å²) in [5.74, 6) is 0.124. The average molecular weight is 381 g/mol. The molecular weight excluding hydrogens is 364 g/mol. The Labute approximate surface area is 151 Å². The SMILES string of the molecule is COc1ccc(Cl)cc1S(=O)(=O)Nc1ccc2c(c1)N(C(C)=O)CC2. The fourth-order valence-corrected chi connectivity index (χ4v) is 4.32. The number of carbonyl (C=O) groups excluding carboxylic acids is 1. The van der Waals surface area contributed by atoms with Crippen LogP contribution in [-0.2, 0) is 21.2 Å². The van der Waals surface area contributed by atoms with Crippen LogP contribution in [0.4, 0.5) is 11.4 Å². The molecule has 1 aliphatic rings. The standard InChI is InChI=1S/C17H17ClN2O4S/c1-11(21)20-8-7-12-3-5-14(10-15(12)20)19-25(22,23)17-9-13(18)4-6-16(17)24-2/h3-6,9-10,19H,7-8H2,1-2H3. The van der Waals surface area contributed by atoms with Crippen LogP contribution >= 0.6 is 11.6 Å². The summed E-state index contributed by atoms with van der Waals surface area (Å²) in [5.41, 5.74) is 2.11. The van der Waals surface area contributed by atoms with Gasteiger partial charge in [0.2, 0.25) is 5.91 Å². The lowest BCUT2D eigenvalue weighted by molar-refractivity contribution is -0.116. The number of fused-ring (bicyclic) bond motifs is 1. The molecule has 0 atom stereocenters. The first-order valence-corrected chi connectivity index (χ1v) is 9.45. The summed E-state index contributed by atoms with van der Waals surface area (Å²) in [6, 6.07) is 9.55. The van der Waals surface area contributed by atoms with E-state index in [9.17, 15) is 13.2 Å². The van der Waals surface area contributed by atoms with Crippen LogP contribution in [0.3, 0.4) is 0 Å². The van der Waals surface area contributed by atoms with E-state index in [1.54, 1.807) is 23.1 Å². The number of benzene rings is 2. The van der Waals surface area contributed by atoms with E-state index in [-0.39, 0.29) is 21.6 Å². The van der Waals surface area contributed by atoms with Gasteiger partial charge in [0, 0.05) is 24.2 Å². The van der Waals surface area contributed by atoms with Crippen molar-refractivity contribution in [1.29, 1.82) is 0 Å². The Morgan fingerprint density at radius 2 is 2.00 bits per heavy atom. The van der Waals surface area contributed by atoms with Gasteiger partial charge in [0.15, 0.2) is 0 Å². The van der Waals surface area contributed by atoms with Gasteiger partial charge in [-0.3, -0.25) is 9.52 Å². The van der Waals surface area contributed by atoms with E-state index in [1.807, 2.05) is 6.07 Å². The highest BCUT2D eigenvalue weighted by atomic mass is 35.5. The van der Waals surface area contributed by atoms with Gasteiger partial charge in [-0.2, -0.15) is 0 Å². The number of methoxy groups -OCH3 is 1. The second-order valence-corrected chi connectivity index (χ2v) is 7.75. The molecule has 0 aromatic heterocycles. The summed E-state index contributed by atoms with van der Waals surface area (Å²) in [4.78, 5) is 13.3. The van der Waals surface area contributed by atoms with Gasteiger partial charge < -0.3 is 9.64 Å². The van der Waals surface area contributed by atoms with Crippen molar-refractivity contribution in [2.45, 2.75) is 18.2 Å². The fourth-order valence-electron chi connectivity index (χ4n) is 2.84. The number of ether oxygens (including phenoxy) is 1. The largest absolute Gasteiger partial charge is 0.495 e. The number of carbonyl (C=O) groups is 1. The van der Waals surface area contributed by atoms with Gasteiger partial charge in [0.1, 0.15) is 10.6 Å². The topological polar surface area (TPSA) is 75.7 Å². The Hall–Kier alpha value is -2.25. The highest BCUT2D eigenvalue weighted by Crippen LogP contribution is 2.33. The number of nitrogens with one attached hydrogen (secondary N) is 1. The zero-order chi connectivity index (χ0) is 18.2. The monoisotopic (exact) mass is 380 g/mol. The zero-order valence-electron chi connectivity index (χ0n) is 13.7. The maximum atomic E-state index is 12.7. The summed E-state index contributed by atoms with van der Waals surface area (Å²) in [6.45, 7) is 2.09. The Balaban J connectivity index is 1.96. The van der Waals surface area contributed by atoms with Crippen LogP contribution in [0.5, 0.6) is 5.75 Å². The molecule has 1 N–H and O–H groups in total. The van der Waals surface area contributed by atoms with Gasteiger partial charge in [-0.1, -0.05) is 17.7 Å². The second kappa shape index (κ2) is 6.57. The number of nitrogens with zero attached hydrogens (tertiary/aromatic N) is 1. The molecule has 132 valence electrons. The van der Waals surface area contributed by atoms with Crippen LogP contribution < -0.4 is 14.4 Å². The molecule has 3 rings (SSSR count). The van der Waals surface area contributed by atoms with Crippen LogP contribution in [0, 0.1) is 0 Å². The normalized spacial score (nSPS) is 13.5. The Morgan fingerprint density at radius 3 is 2.68 bits per heavy atom. The first kappa shape index (κ1) is 17.6. The summed E-state index contributed by atoms with van der Waals surface area (Å²) >= 11 is 5.92. The first-order valence-electron chi connectivity index (χ1n) is 7.59. The molecule has 2 aromatic rings. The molecule has 0 unspecified atom stereocenters. The third-order valence-corrected chi connectivity index (χ3v) is 5.67. The first-order chi connectivity index (χ1) is 11.8. The summed E-state index contributed by atoms with van der Waals surface area (Å²) in [6.07, 6.45) is 0.754. The molecule has 2 aromatic carbocycles. The molecule has 0 saturated heterocycles. The minimum Gasteiger partial charge on any atom is -0.495 e. The minimum absolute atomic E-state index is 0.0496. The zero-order valence-corrected chi connectivity index (χ0v) is 15.3. The van der Waals surface area contributed by atoms with E-state index in [0.717, 1.165) is 17.7 Å². The summed E-state index contributed by atoms with van der Waals surface area (Å²) < 4.78 is 33.1. The maximum Gasteiger partial charge on any atom is 0.265 e. The third-order valence-electron chi connectivity index (χ3n) is 4.03. The van der Waals surface area contributed by atoms with E-state index in [0.29, 0.717) is 12.2 Å². The molecule has 1 aliphatic heterocycles. The van der Waals surface area contributed by atoms with Gasteiger partial charge in [-0.15, -0.1) is 0 Å². The predicted molar refractivity (Wildman–Crippen MR) is 97.0 cm³/mol. The van der Waals surface area contributed by atoms with Crippen LogP contribution in [0.2, 0.25) is 5.02 Å². The third kappa shape index (κ3) is 3.43. The molecule has 0 fully saturated rings. The van der Waals surface area contributed by atoms with E-state index in [1.165, 1.54) is 26.2 Å². The lowest BCUT2D eigenvalue weighted by Crippen LogP contribution is -2.25. The molecule has 0 saturated carbocycles. The molecule has 6 nitrogen and oxygen atoms in total. The number of amides is 1. The molecule has 0 bridgehead atoms. The lowest BCUT2D eigenvalue weighted by Gasteiger charge is -2.16. The molecule has 1 heterocycles. The van der Waals surface area contributed by atoms with Gasteiger partial charge in [0.25, 0.3) is 10.0 Å². The van der Waals surface area contributed by atoms with Gasteiger partial charge in [-0.05, 0) is 42.3 Å². The van der Waals surface area contributed by atoms with Gasteiger partial charge >= 0.3 is 0 Å². The van der Waals surface area contributed by atoms with E-state index < -0.39 is 10.0 Å². The molecule has 0 radical (unpaired) electrons. The van der Waals surface area contributed by atoms with Gasteiger partial charge in [-0.25, -0.2) is 8.42 Å². The van der Waals surface area contributed by atoms with Crippen molar-refractivity contribution in [3.05, 3.63) is 47.0 Å². The molecule has 1 amide bonds. The minimum atomic E-state index is -3.90. The highest BCUT2D eigenvalue weighted by Gasteiger charge is 2.24. The van der Waals surface area contributed by atoms with Gasteiger partial charge in [0.05, 0.1) is 12.8 Å². The number of anilines is 2. The number of sulfonamides is 1. The molecule has 8 heteroatoms. The van der Waals surface area contributed by atoms with Crippen LogP contribution in [0.15, 0.2) is 41.3 Å². The second-order valence-electron chi connectivity index (χ2n) is 5.66. The highest BCUT2D eigenvalue weighted by molar-refractivity contribution is 7.92. The van der Waals surface area contributed by atoms with Crippen LogP contribution in [0.25, 0.3) is 0 Å². The Morgan fingerprint density at radius 1 is 1.24 bits per heavy atom. The van der Waals surface area contributed by atoms with Crippen LogP contribution in [0.1, 0.15) is 12.5 Å². The van der Waals surface area contributed by atoms with Crippen molar-refractivity contribution in [2.75, 3.05) is 23.3 Å². The molecule has 25 heavy (non-hydrogen) atoms. The van der Waals surface area contributed by atoms with Crippen molar-refractivity contribution < 1.29 is 17.9 Å². The van der Waals surface area contributed by atoms with Crippen molar-refractivity contribution in [2.24, 2.45) is 0 Å². The quantitative estimate of drug-likeness (QED) is 0.884. The number of hydrogen-bond acceptors (Lipinski definition) is 4. The Kier molecular flexibility index (Phi) is 4.62.